The summed E-state index contributed by atoms with van der Waals surface area (Å²) in [5.41, 5.74) is 0.346. The molecule has 1 fully saturated rings. The van der Waals surface area contributed by atoms with Gasteiger partial charge in [0.15, 0.2) is 6.29 Å². The van der Waals surface area contributed by atoms with Gasteiger partial charge in [0.05, 0.1) is 25.9 Å². The molecule has 4 rings (SSSR count). The molecule has 0 unspecified atom stereocenters. The molecule has 19 nitrogen and oxygen atoms in total. The average Bonchev–Trinajstić information content (AvgIpc) is 0.793. The minimum absolute atomic E-state index is 0.0882. The van der Waals surface area contributed by atoms with E-state index in [0.29, 0.717) is 91.4 Å². The summed E-state index contributed by atoms with van der Waals surface area (Å²) in [4.78, 5) is 75.1. The second kappa shape index (κ2) is 56.3. The molecule has 111 heavy (non-hydrogen) atoms. The first-order chi connectivity index (χ1) is 53.1. The molecule has 0 aromatic heterocycles. The van der Waals surface area contributed by atoms with Gasteiger partial charge in [-0.3, -0.25) is 9.69 Å². The predicted octanol–water partition coefficient (Wildman–Crippen LogP) is 22.5. The first-order valence-corrected chi connectivity index (χ1v) is 43.5. The molecule has 0 bridgehead atoms. The molecule has 3 aromatic rings. The Morgan fingerprint density at radius 1 is 0.342 bits per heavy atom. The Kier molecular flexibility index (Phi) is 49.4. The van der Waals surface area contributed by atoms with E-state index >= 15 is 0 Å². The fraction of sp³-hybridized carbons (Fsp3) is 0.750. The van der Waals surface area contributed by atoms with Crippen molar-refractivity contribution in [1.29, 1.82) is 0 Å². The fourth-order valence-electron chi connectivity index (χ4n) is 13.7. The van der Waals surface area contributed by atoms with Crippen LogP contribution in [0.1, 0.15) is 326 Å². The van der Waals surface area contributed by atoms with E-state index in [9.17, 15) is 24.0 Å². The minimum atomic E-state index is -0.791. The highest BCUT2D eigenvalue weighted by Crippen LogP contribution is 2.32. The van der Waals surface area contributed by atoms with E-state index in [1.165, 1.54) is 133 Å². The number of hydrogen-bond donors (Lipinski definition) is 1. The predicted molar refractivity (Wildman–Crippen MR) is 448 cm³/mol. The third-order valence-electron chi connectivity index (χ3n) is 19.6. The van der Waals surface area contributed by atoms with E-state index in [2.05, 4.69) is 48.6 Å². The first kappa shape index (κ1) is 97.4. The van der Waals surface area contributed by atoms with Crippen molar-refractivity contribution < 1.29 is 66.6 Å². The van der Waals surface area contributed by atoms with E-state index in [1.807, 2.05) is 129 Å². The van der Waals surface area contributed by atoms with Crippen molar-refractivity contribution in [2.75, 3.05) is 65.5 Å². The normalized spacial score (nSPS) is 16.1. The molecule has 19 heteroatoms. The highest BCUT2D eigenvalue weighted by molar-refractivity contribution is 5.82. The lowest BCUT2D eigenvalue weighted by Gasteiger charge is -2.45. The largest absolute Gasteiger partial charge is 0.444 e. The molecular formula is C92H155N5O14. The summed E-state index contributed by atoms with van der Waals surface area (Å²) in [6, 6.07) is 30.7. The third kappa shape index (κ3) is 48.1. The van der Waals surface area contributed by atoms with Gasteiger partial charge >= 0.3 is 24.4 Å². The van der Waals surface area contributed by atoms with Gasteiger partial charge in [0, 0.05) is 59.0 Å². The van der Waals surface area contributed by atoms with Crippen LogP contribution in [0.4, 0.5) is 19.2 Å². The topological polar surface area (TPSA) is 193 Å². The minimum Gasteiger partial charge on any atom is -0.444 e. The van der Waals surface area contributed by atoms with Crippen LogP contribution in [0.2, 0.25) is 0 Å². The number of amides is 5. The van der Waals surface area contributed by atoms with Crippen LogP contribution in [0, 0.1) is 0 Å². The maximum atomic E-state index is 14.6. The molecule has 1 aliphatic rings. The van der Waals surface area contributed by atoms with E-state index in [4.69, 9.17) is 42.6 Å². The van der Waals surface area contributed by atoms with Crippen molar-refractivity contribution in [3.05, 3.63) is 108 Å². The summed E-state index contributed by atoms with van der Waals surface area (Å²) in [6.07, 6.45) is 32.9. The summed E-state index contributed by atoms with van der Waals surface area (Å²) in [6.45, 7) is 31.0. The number of ether oxygens (including phenoxy) is 9. The lowest BCUT2D eigenvalue weighted by molar-refractivity contribution is -0.320. The lowest BCUT2D eigenvalue weighted by Crippen LogP contribution is -2.60. The third-order valence-corrected chi connectivity index (χ3v) is 19.6. The molecule has 5 atom stereocenters. The smallest absolute Gasteiger partial charge is 0.410 e. The summed E-state index contributed by atoms with van der Waals surface area (Å²) in [5.74, 6) is -0.0882. The van der Waals surface area contributed by atoms with Gasteiger partial charge < -0.3 is 62.6 Å². The van der Waals surface area contributed by atoms with E-state index in [0.717, 1.165) is 74.5 Å². The molecule has 0 saturated carbocycles. The molecule has 0 radical (unpaired) electrons. The number of rotatable bonds is 58. The molecular weight excluding hydrogens is 1400 g/mol. The number of hydrogen-bond acceptors (Lipinski definition) is 14. The van der Waals surface area contributed by atoms with Crippen LogP contribution in [0.15, 0.2) is 91.0 Å². The first-order valence-electron chi connectivity index (χ1n) is 43.5. The monoisotopic (exact) mass is 1550 g/mol. The van der Waals surface area contributed by atoms with Crippen molar-refractivity contribution in [3.8, 4) is 0 Å². The highest BCUT2D eigenvalue weighted by atomic mass is 16.7. The van der Waals surface area contributed by atoms with Crippen LogP contribution in [0.25, 0.3) is 0 Å². The van der Waals surface area contributed by atoms with Crippen LogP contribution < -0.4 is 5.32 Å². The average molecular weight is 1560 g/mol. The van der Waals surface area contributed by atoms with E-state index < -0.39 is 65.3 Å². The molecule has 0 aliphatic carbocycles. The zero-order chi connectivity index (χ0) is 81.0. The summed E-state index contributed by atoms with van der Waals surface area (Å²) in [5, 5.41) is 2.77. The summed E-state index contributed by atoms with van der Waals surface area (Å²) >= 11 is 0. The second-order valence-electron chi connectivity index (χ2n) is 34.8. The van der Waals surface area contributed by atoms with Crippen LogP contribution >= 0.6 is 0 Å². The van der Waals surface area contributed by atoms with Crippen molar-refractivity contribution in [3.63, 3.8) is 0 Å². The molecule has 1 heterocycles. The standard InChI is InChI=1S/C92H155N5O14/c1-15-16-17-18-19-20-21-22-23-24-26-29-32-35-38-50-64-94(80(98)72-97(88(102)111-92(12,13)14)70-56-69-96(87(101)110-91(9,10)11)67-53-52-66-95(86(100)109-90(6,7)8)68-55-63-93-85(99)108-89(3,4)5)65-51-39-36-33-30-27-25-28-31-34-37-40-54-71-103-84-83(106-75-79-61-48-43-49-62-79)82(105-74-78-59-46-42-47-60-78)81(76(2)107-84)104-73-77-57-44-41-45-58-77/h41-49,57-62,76,81-84H,15-40,50-56,63-75H2,1-14H3,(H,93,99)/t76-,81-,82+,83+,84+/m0/s1. The number of unbranched alkanes of at least 4 members (excludes halogenated alkanes) is 28. The number of benzene rings is 3. The van der Waals surface area contributed by atoms with Gasteiger partial charge in [0.2, 0.25) is 5.91 Å². The van der Waals surface area contributed by atoms with Crippen LogP contribution in [-0.4, -0.2) is 168 Å². The lowest BCUT2D eigenvalue weighted by atomic mass is 9.98. The summed E-state index contributed by atoms with van der Waals surface area (Å²) in [7, 11) is 0. The van der Waals surface area contributed by atoms with Crippen molar-refractivity contribution >= 4 is 30.3 Å². The van der Waals surface area contributed by atoms with Crippen LogP contribution in [0.3, 0.4) is 0 Å². The zero-order valence-corrected chi connectivity index (χ0v) is 72.1. The Morgan fingerprint density at radius 3 is 1.04 bits per heavy atom. The molecule has 0 spiro atoms. The number of nitrogens with one attached hydrogen (secondary N) is 1. The number of carbonyl (C=O) groups excluding carboxylic acids is 5. The number of alkyl carbamates (subject to hydrolysis) is 1. The van der Waals surface area contributed by atoms with Gasteiger partial charge in [0.25, 0.3) is 0 Å². The van der Waals surface area contributed by atoms with Gasteiger partial charge in [0.1, 0.15) is 47.3 Å². The Hall–Kier alpha value is -5.99. The second-order valence-corrected chi connectivity index (χ2v) is 34.8. The van der Waals surface area contributed by atoms with Crippen molar-refractivity contribution in [1.82, 2.24) is 24.9 Å². The Bertz CT molecular complexity index is 2880. The van der Waals surface area contributed by atoms with Crippen LogP contribution in [-0.2, 0) is 67.2 Å². The molecule has 3 aromatic carbocycles. The zero-order valence-electron chi connectivity index (χ0n) is 72.1. The Balaban J connectivity index is 1.27. The quantitative estimate of drug-likeness (QED) is 0.0414. The van der Waals surface area contributed by atoms with Gasteiger partial charge in [-0.1, -0.05) is 265 Å². The maximum absolute atomic E-state index is 14.6. The van der Waals surface area contributed by atoms with Gasteiger partial charge in [-0.15, -0.1) is 0 Å². The fourth-order valence-corrected chi connectivity index (χ4v) is 13.7. The molecule has 5 amide bonds. The van der Waals surface area contributed by atoms with Crippen molar-refractivity contribution in [2.45, 2.75) is 382 Å². The SMILES string of the molecule is CCCCCCCCCCCCCCCCCCN(CCCCCCCCCCCCCCCO[C@@H]1O[C@@H](C)[C@H](OCc2ccccc2)[C@@H](OCc2ccccc2)[C@H]1OCc1ccccc1)C(=O)CN(CCCN(CCCCN(CCCNC(=O)OC(C)(C)C)C(=O)OC(C)(C)C)C(=O)OC(C)(C)C)C(=O)OC(C)(C)C. The van der Waals surface area contributed by atoms with Gasteiger partial charge in [-0.25, -0.2) is 19.2 Å². The van der Waals surface area contributed by atoms with Gasteiger partial charge in [-0.2, -0.15) is 0 Å². The summed E-state index contributed by atoms with van der Waals surface area (Å²) < 4.78 is 56.4. The van der Waals surface area contributed by atoms with E-state index in [-0.39, 0.29) is 37.7 Å². The number of carbonyl (C=O) groups is 5. The Labute approximate surface area is 673 Å². The molecule has 1 saturated heterocycles. The maximum Gasteiger partial charge on any atom is 0.410 e. The highest BCUT2D eigenvalue weighted by Gasteiger charge is 2.47. The van der Waals surface area contributed by atoms with E-state index in [1.54, 1.807) is 30.6 Å². The van der Waals surface area contributed by atoms with Gasteiger partial charge in [-0.05, 0) is 152 Å². The molecule has 632 valence electrons. The van der Waals surface area contributed by atoms with Crippen LogP contribution in [0.5, 0.6) is 0 Å². The molecule has 1 N–H and O–H groups in total. The Morgan fingerprint density at radius 2 is 0.649 bits per heavy atom. The van der Waals surface area contributed by atoms with Crippen molar-refractivity contribution in [2.24, 2.45) is 0 Å². The number of nitrogens with zero attached hydrogens (tertiary/aromatic N) is 4. The molecule has 1 aliphatic heterocycles.